The van der Waals surface area contributed by atoms with Crippen LogP contribution in [0.25, 0.3) is 0 Å². The van der Waals surface area contributed by atoms with Crippen molar-refractivity contribution in [2.24, 2.45) is 5.92 Å². The number of piperidine rings is 1. The van der Waals surface area contributed by atoms with Gasteiger partial charge in [0, 0.05) is 31.1 Å². The van der Waals surface area contributed by atoms with Crippen molar-refractivity contribution in [3.8, 4) is 0 Å². The third-order valence-corrected chi connectivity index (χ3v) is 6.53. The summed E-state index contributed by atoms with van der Waals surface area (Å²) in [6.07, 6.45) is 5.12. The number of benzene rings is 2. The van der Waals surface area contributed by atoms with Crippen molar-refractivity contribution in [1.82, 2.24) is 9.80 Å². The first-order valence-electron chi connectivity index (χ1n) is 10.5. The molecule has 0 bridgehead atoms. The fraction of sp³-hybridized carbons (Fsp3) is 0.458. The Morgan fingerprint density at radius 3 is 2.43 bits per heavy atom. The molecule has 0 N–H and O–H groups in total. The number of amides is 1. The van der Waals surface area contributed by atoms with Crippen LogP contribution in [0.4, 0.5) is 0 Å². The molecule has 0 saturated carbocycles. The molecule has 2 heterocycles. The summed E-state index contributed by atoms with van der Waals surface area (Å²) >= 11 is 5.97. The Hall–Kier alpha value is -1.84. The van der Waals surface area contributed by atoms with E-state index in [1.165, 1.54) is 29.5 Å². The van der Waals surface area contributed by atoms with Gasteiger partial charge in [-0.15, -0.1) is 0 Å². The van der Waals surface area contributed by atoms with Crippen LogP contribution in [-0.2, 0) is 24.3 Å². The van der Waals surface area contributed by atoms with Gasteiger partial charge in [0.05, 0.1) is 0 Å². The summed E-state index contributed by atoms with van der Waals surface area (Å²) in [5, 5.41) is 0.796. The van der Waals surface area contributed by atoms with Crippen molar-refractivity contribution in [1.29, 1.82) is 0 Å². The lowest BCUT2D eigenvalue weighted by Gasteiger charge is -2.33. The van der Waals surface area contributed by atoms with Gasteiger partial charge in [0.15, 0.2) is 0 Å². The fourth-order valence-corrected chi connectivity index (χ4v) is 4.60. The van der Waals surface area contributed by atoms with Crippen molar-refractivity contribution >= 4 is 17.5 Å². The lowest BCUT2D eigenvalue weighted by Crippen LogP contribution is -2.37. The zero-order valence-corrected chi connectivity index (χ0v) is 17.2. The SMILES string of the molecule is O=C(CCC1CCN(Cc2ccc(Cl)cc2)CC1)N1CCc2ccccc2C1. The van der Waals surface area contributed by atoms with E-state index in [9.17, 15) is 4.79 Å². The number of likely N-dealkylation sites (tertiary alicyclic amines) is 1. The molecule has 2 aliphatic heterocycles. The summed E-state index contributed by atoms with van der Waals surface area (Å²) in [7, 11) is 0. The number of nitrogens with zero attached hydrogens (tertiary/aromatic N) is 2. The molecule has 0 aromatic heterocycles. The zero-order valence-electron chi connectivity index (χ0n) is 16.4. The molecule has 0 unspecified atom stereocenters. The zero-order chi connectivity index (χ0) is 19.3. The van der Waals surface area contributed by atoms with Crippen LogP contribution in [0.1, 0.15) is 42.4 Å². The molecule has 0 aliphatic carbocycles. The first-order chi connectivity index (χ1) is 13.7. The summed E-state index contributed by atoms with van der Waals surface area (Å²) in [4.78, 5) is 17.3. The van der Waals surface area contributed by atoms with Crippen molar-refractivity contribution < 1.29 is 4.79 Å². The van der Waals surface area contributed by atoms with E-state index in [4.69, 9.17) is 11.6 Å². The van der Waals surface area contributed by atoms with Crippen molar-refractivity contribution in [3.63, 3.8) is 0 Å². The Bertz CT molecular complexity index is 797. The van der Waals surface area contributed by atoms with Crippen molar-refractivity contribution in [3.05, 3.63) is 70.2 Å². The second kappa shape index (κ2) is 9.11. The quantitative estimate of drug-likeness (QED) is 0.716. The second-order valence-corrected chi connectivity index (χ2v) is 8.66. The fourth-order valence-electron chi connectivity index (χ4n) is 4.48. The second-order valence-electron chi connectivity index (χ2n) is 8.22. The van der Waals surface area contributed by atoms with Crippen LogP contribution >= 0.6 is 11.6 Å². The molecule has 0 radical (unpaired) electrons. The Balaban J connectivity index is 1.19. The summed E-state index contributed by atoms with van der Waals surface area (Å²) in [5.41, 5.74) is 4.04. The van der Waals surface area contributed by atoms with Crippen molar-refractivity contribution in [2.45, 2.75) is 45.2 Å². The topological polar surface area (TPSA) is 23.6 Å². The number of rotatable bonds is 5. The van der Waals surface area contributed by atoms with Gasteiger partial charge >= 0.3 is 0 Å². The Kier molecular flexibility index (Phi) is 6.33. The van der Waals surface area contributed by atoms with Crippen LogP contribution < -0.4 is 0 Å². The average Bonchev–Trinajstić information content (AvgIpc) is 2.74. The highest BCUT2D eigenvalue weighted by Crippen LogP contribution is 2.25. The molecule has 1 amide bonds. The smallest absolute Gasteiger partial charge is 0.222 e. The normalized spacial score (nSPS) is 18.1. The van der Waals surface area contributed by atoms with Crippen LogP contribution in [0.3, 0.4) is 0 Å². The van der Waals surface area contributed by atoms with E-state index in [0.717, 1.165) is 50.6 Å². The molecule has 4 rings (SSSR count). The van der Waals surface area contributed by atoms with Gasteiger partial charge in [-0.25, -0.2) is 0 Å². The van der Waals surface area contributed by atoms with E-state index in [0.29, 0.717) is 18.2 Å². The molecule has 2 aliphatic rings. The molecule has 4 heteroatoms. The van der Waals surface area contributed by atoms with E-state index < -0.39 is 0 Å². The van der Waals surface area contributed by atoms with Crippen LogP contribution in [-0.4, -0.2) is 35.3 Å². The maximum Gasteiger partial charge on any atom is 0.222 e. The summed E-state index contributed by atoms with van der Waals surface area (Å²) in [5.74, 6) is 1.01. The molecule has 1 fully saturated rings. The highest BCUT2D eigenvalue weighted by atomic mass is 35.5. The predicted octanol–water partition coefficient (Wildman–Crippen LogP) is 4.92. The highest BCUT2D eigenvalue weighted by molar-refractivity contribution is 6.30. The molecule has 0 atom stereocenters. The van der Waals surface area contributed by atoms with Gasteiger partial charge in [0.1, 0.15) is 0 Å². The molecule has 148 valence electrons. The minimum atomic E-state index is 0.332. The molecule has 3 nitrogen and oxygen atoms in total. The van der Waals surface area contributed by atoms with Gasteiger partial charge in [0.2, 0.25) is 5.91 Å². The number of carbonyl (C=O) groups excluding carboxylic acids is 1. The van der Waals surface area contributed by atoms with Crippen LogP contribution in [0.2, 0.25) is 5.02 Å². The lowest BCUT2D eigenvalue weighted by atomic mass is 9.91. The van der Waals surface area contributed by atoms with Gasteiger partial charge < -0.3 is 4.90 Å². The molecular formula is C24H29ClN2O. The highest BCUT2D eigenvalue weighted by Gasteiger charge is 2.23. The van der Waals surface area contributed by atoms with Crippen molar-refractivity contribution in [2.75, 3.05) is 19.6 Å². The summed E-state index contributed by atoms with van der Waals surface area (Å²) < 4.78 is 0. The largest absolute Gasteiger partial charge is 0.338 e. The molecule has 0 spiro atoms. The minimum Gasteiger partial charge on any atom is -0.338 e. The Morgan fingerprint density at radius 2 is 1.68 bits per heavy atom. The number of hydrogen-bond donors (Lipinski definition) is 0. The minimum absolute atomic E-state index is 0.332. The van der Waals surface area contributed by atoms with Gasteiger partial charge in [-0.2, -0.15) is 0 Å². The Labute approximate surface area is 173 Å². The number of fused-ring (bicyclic) bond motifs is 1. The van der Waals surface area contributed by atoms with E-state index in [1.54, 1.807) is 0 Å². The first kappa shape index (κ1) is 19.5. The number of carbonyl (C=O) groups is 1. The summed E-state index contributed by atoms with van der Waals surface area (Å²) in [6.45, 7) is 4.90. The molecule has 2 aromatic rings. The monoisotopic (exact) mass is 396 g/mol. The maximum absolute atomic E-state index is 12.7. The molecule has 28 heavy (non-hydrogen) atoms. The maximum atomic E-state index is 12.7. The Morgan fingerprint density at radius 1 is 0.964 bits per heavy atom. The lowest BCUT2D eigenvalue weighted by molar-refractivity contribution is -0.132. The van der Waals surface area contributed by atoms with Crippen LogP contribution in [0, 0.1) is 5.92 Å². The number of halogens is 1. The van der Waals surface area contributed by atoms with Crippen LogP contribution in [0.5, 0.6) is 0 Å². The molecule has 1 saturated heterocycles. The van der Waals surface area contributed by atoms with Crippen LogP contribution in [0.15, 0.2) is 48.5 Å². The van der Waals surface area contributed by atoms with E-state index in [2.05, 4.69) is 46.2 Å². The van der Waals surface area contributed by atoms with E-state index in [-0.39, 0.29) is 0 Å². The summed E-state index contributed by atoms with van der Waals surface area (Å²) in [6, 6.07) is 16.7. The molecule has 2 aromatic carbocycles. The van der Waals surface area contributed by atoms with Gasteiger partial charge in [0.25, 0.3) is 0 Å². The first-order valence-corrected chi connectivity index (χ1v) is 10.9. The average molecular weight is 397 g/mol. The third kappa shape index (κ3) is 4.95. The standard InChI is InChI=1S/C24H29ClN2O/c25-23-8-5-20(6-9-23)17-26-14-11-19(12-15-26)7-10-24(28)27-16-13-21-3-1-2-4-22(21)18-27/h1-6,8-9,19H,7,10-18H2. The molecular weight excluding hydrogens is 368 g/mol. The number of hydrogen-bond acceptors (Lipinski definition) is 2. The predicted molar refractivity (Wildman–Crippen MR) is 114 cm³/mol. The van der Waals surface area contributed by atoms with E-state index in [1.807, 2.05) is 12.1 Å². The van der Waals surface area contributed by atoms with E-state index >= 15 is 0 Å². The van der Waals surface area contributed by atoms with Gasteiger partial charge in [-0.3, -0.25) is 9.69 Å². The van der Waals surface area contributed by atoms with Gasteiger partial charge in [-0.05, 0) is 73.5 Å². The third-order valence-electron chi connectivity index (χ3n) is 6.28. The van der Waals surface area contributed by atoms with Gasteiger partial charge in [-0.1, -0.05) is 48.0 Å².